The minimum atomic E-state index is 0.445. The van der Waals surface area contributed by atoms with Gasteiger partial charge >= 0.3 is 0 Å². The van der Waals surface area contributed by atoms with Gasteiger partial charge in [-0.3, -0.25) is 0 Å². The Morgan fingerprint density at radius 2 is 1.88 bits per heavy atom. The van der Waals surface area contributed by atoms with Crippen LogP contribution >= 0.6 is 0 Å². The molecule has 0 radical (unpaired) electrons. The second kappa shape index (κ2) is 6.02. The molecule has 0 aromatic rings. The fourth-order valence-electron chi connectivity index (χ4n) is 3.28. The third kappa shape index (κ3) is 3.74. The molecule has 0 bridgehead atoms. The van der Waals surface area contributed by atoms with Gasteiger partial charge in [0.15, 0.2) is 0 Å². The van der Waals surface area contributed by atoms with Crippen LogP contribution in [-0.2, 0) is 0 Å². The molecule has 2 rings (SSSR count). The van der Waals surface area contributed by atoms with Gasteiger partial charge in [-0.25, -0.2) is 0 Å². The molecule has 1 atom stereocenters. The fourth-order valence-corrected chi connectivity index (χ4v) is 3.28. The smallest absolute Gasteiger partial charge is 0.0168 e. The topological polar surface area (TPSA) is 29.3 Å². The largest absolute Gasteiger partial charge is 0.327 e. The van der Waals surface area contributed by atoms with Gasteiger partial charge in [-0.05, 0) is 44.2 Å². The van der Waals surface area contributed by atoms with Crippen LogP contribution in [0, 0.1) is 11.8 Å². The van der Waals surface area contributed by atoms with E-state index in [1.54, 1.807) is 0 Å². The normalized spacial score (nSPS) is 37.5. The molecule has 0 aromatic carbocycles. The third-order valence-electron chi connectivity index (χ3n) is 4.53. The first-order chi connectivity index (χ1) is 7.74. The van der Waals surface area contributed by atoms with Crippen molar-refractivity contribution in [1.29, 1.82) is 0 Å². The van der Waals surface area contributed by atoms with E-state index in [0.717, 1.165) is 18.4 Å². The number of likely N-dealkylation sites (tertiary alicyclic amines) is 1. The maximum atomic E-state index is 6.01. The molecule has 16 heavy (non-hydrogen) atoms. The summed E-state index contributed by atoms with van der Waals surface area (Å²) < 4.78 is 0. The standard InChI is InChI=1S/C14H28N2/c1-12-4-6-13(7-5-12)8-10-16-9-2-3-14(15)11-16/h12-14H,2-11,15H2,1H3. The molecule has 0 aromatic heterocycles. The lowest BCUT2D eigenvalue weighted by atomic mass is 9.81. The van der Waals surface area contributed by atoms with Crippen LogP contribution in [0.15, 0.2) is 0 Å². The molecule has 1 aliphatic heterocycles. The summed E-state index contributed by atoms with van der Waals surface area (Å²) in [7, 11) is 0. The summed E-state index contributed by atoms with van der Waals surface area (Å²) in [5.41, 5.74) is 6.01. The predicted molar refractivity (Wildman–Crippen MR) is 69.4 cm³/mol. The maximum Gasteiger partial charge on any atom is 0.0168 e. The molecule has 2 N–H and O–H groups in total. The average Bonchev–Trinajstić information content (AvgIpc) is 2.28. The lowest BCUT2D eigenvalue weighted by Gasteiger charge is -2.33. The highest BCUT2D eigenvalue weighted by Gasteiger charge is 2.21. The molecule has 2 heteroatoms. The Morgan fingerprint density at radius 3 is 2.56 bits per heavy atom. The Morgan fingerprint density at radius 1 is 1.12 bits per heavy atom. The van der Waals surface area contributed by atoms with E-state index in [4.69, 9.17) is 5.73 Å². The van der Waals surface area contributed by atoms with E-state index in [1.807, 2.05) is 0 Å². The maximum absolute atomic E-state index is 6.01. The quantitative estimate of drug-likeness (QED) is 0.798. The molecule has 2 aliphatic rings. The van der Waals surface area contributed by atoms with Gasteiger partial charge in [-0.1, -0.05) is 32.6 Å². The number of hydrogen-bond acceptors (Lipinski definition) is 2. The van der Waals surface area contributed by atoms with Gasteiger partial charge < -0.3 is 10.6 Å². The SMILES string of the molecule is CC1CCC(CCN2CCCC(N)C2)CC1. The van der Waals surface area contributed by atoms with Crippen LogP contribution in [-0.4, -0.2) is 30.6 Å². The molecule has 1 heterocycles. The van der Waals surface area contributed by atoms with Crippen molar-refractivity contribution in [3.05, 3.63) is 0 Å². The van der Waals surface area contributed by atoms with E-state index in [2.05, 4.69) is 11.8 Å². The zero-order chi connectivity index (χ0) is 11.4. The summed E-state index contributed by atoms with van der Waals surface area (Å²) in [6.45, 7) is 6.13. The van der Waals surface area contributed by atoms with Crippen LogP contribution < -0.4 is 5.73 Å². The van der Waals surface area contributed by atoms with Gasteiger partial charge in [0.2, 0.25) is 0 Å². The molecule has 0 amide bonds. The van der Waals surface area contributed by atoms with E-state index in [-0.39, 0.29) is 0 Å². The second-order valence-corrected chi connectivity index (χ2v) is 6.12. The molecule has 0 spiro atoms. The van der Waals surface area contributed by atoms with Gasteiger partial charge in [0.25, 0.3) is 0 Å². The van der Waals surface area contributed by atoms with E-state index in [1.165, 1.54) is 58.0 Å². The average molecular weight is 224 g/mol. The molecule has 1 saturated heterocycles. The van der Waals surface area contributed by atoms with Crippen LogP contribution in [0.2, 0.25) is 0 Å². The zero-order valence-electron chi connectivity index (χ0n) is 10.8. The summed E-state index contributed by atoms with van der Waals surface area (Å²) in [4.78, 5) is 2.59. The molecular weight excluding hydrogens is 196 g/mol. The monoisotopic (exact) mass is 224 g/mol. The fraction of sp³-hybridized carbons (Fsp3) is 1.00. The van der Waals surface area contributed by atoms with Gasteiger partial charge in [0.1, 0.15) is 0 Å². The highest BCUT2D eigenvalue weighted by atomic mass is 15.1. The van der Waals surface area contributed by atoms with Crippen molar-refractivity contribution in [2.45, 2.75) is 57.9 Å². The summed E-state index contributed by atoms with van der Waals surface area (Å²) in [5, 5.41) is 0. The Bertz CT molecular complexity index is 197. The number of rotatable bonds is 3. The third-order valence-corrected chi connectivity index (χ3v) is 4.53. The Balaban J connectivity index is 1.63. The Hall–Kier alpha value is -0.0800. The second-order valence-electron chi connectivity index (χ2n) is 6.12. The zero-order valence-corrected chi connectivity index (χ0v) is 10.8. The van der Waals surface area contributed by atoms with Gasteiger partial charge in [-0.15, -0.1) is 0 Å². The molecule has 1 aliphatic carbocycles. The molecule has 2 fully saturated rings. The van der Waals surface area contributed by atoms with E-state index < -0.39 is 0 Å². The summed E-state index contributed by atoms with van der Waals surface area (Å²) in [5.74, 6) is 1.99. The van der Waals surface area contributed by atoms with Crippen LogP contribution in [0.1, 0.15) is 51.9 Å². The number of piperidine rings is 1. The van der Waals surface area contributed by atoms with Crippen molar-refractivity contribution in [1.82, 2.24) is 4.90 Å². The van der Waals surface area contributed by atoms with Crippen molar-refractivity contribution in [3.8, 4) is 0 Å². The first kappa shape index (κ1) is 12.4. The van der Waals surface area contributed by atoms with Crippen molar-refractivity contribution < 1.29 is 0 Å². The lowest BCUT2D eigenvalue weighted by molar-refractivity contribution is 0.179. The first-order valence-corrected chi connectivity index (χ1v) is 7.22. The molecule has 1 saturated carbocycles. The van der Waals surface area contributed by atoms with Gasteiger partial charge in [-0.2, -0.15) is 0 Å². The predicted octanol–water partition coefficient (Wildman–Crippen LogP) is 2.63. The van der Waals surface area contributed by atoms with Crippen molar-refractivity contribution in [2.24, 2.45) is 17.6 Å². The summed E-state index contributed by atoms with van der Waals surface area (Å²) in [6.07, 6.45) is 9.83. The number of hydrogen-bond donors (Lipinski definition) is 1. The first-order valence-electron chi connectivity index (χ1n) is 7.22. The molecule has 2 nitrogen and oxygen atoms in total. The van der Waals surface area contributed by atoms with Crippen LogP contribution in [0.25, 0.3) is 0 Å². The van der Waals surface area contributed by atoms with Crippen molar-refractivity contribution >= 4 is 0 Å². The highest BCUT2D eigenvalue weighted by molar-refractivity contribution is 4.77. The molecule has 94 valence electrons. The van der Waals surface area contributed by atoms with Crippen LogP contribution in [0.3, 0.4) is 0 Å². The Kier molecular flexibility index (Phi) is 4.66. The van der Waals surface area contributed by atoms with Gasteiger partial charge in [0.05, 0.1) is 0 Å². The minimum absolute atomic E-state index is 0.445. The summed E-state index contributed by atoms with van der Waals surface area (Å²) >= 11 is 0. The highest BCUT2D eigenvalue weighted by Crippen LogP contribution is 2.30. The molecular formula is C14H28N2. The number of nitrogens with two attached hydrogens (primary N) is 1. The lowest BCUT2D eigenvalue weighted by Crippen LogP contribution is -2.43. The van der Waals surface area contributed by atoms with Crippen LogP contribution in [0.5, 0.6) is 0 Å². The minimum Gasteiger partial charge on any atom is -0.327 e. The van der Waals surface area contributed by atoms with E-state index in [9.17, 15) is 0 Å². The van der Waals surface area contributed by atoms with Crippen LogP contribution in [0.4, 0.5) is 0 Å². The van der Waals surface area contributed by atoms with Crippen molar-refractivity contribution in [3.63, 3.8) is 0 Å². The molecule has 1 unspecified atom stereocenters. The van der Waals surface area contributed by atoms with E-state index >= 15 is 0 Å². The van der Waals surface area contributed by atoms with Crippen molar-refractivity contribution in [2.75, 3.05) is 19.6 Å². The number of nitrogens with zero attached hydrogens (tertiary/aromatic N) is 1. The van der Waals surface area contributed by atoms with Gasteiger partial charge in [0, 0.05) is 12.6 Å². The van der Waals surface area contributed by atoms with E-state index in [0.29, 0.717) is 6.04 Å². The summed E-state index contributed by atoms with van der Waals surface area (Å²) in [6, 6.07) is 0.445. The Labute approximate surface area is 101 Å².